The van der Waals surface area contributed by atoms with Crippen LogP contribution in [0.2, 0.25) is 0 Å². The van der Waals surface area contributed by atoms with Crippen LogP contribution in [0.1, 0.15) is 6.42 Å². The lowest BCUT2D eigenvalue weighted by Crippen LogP contribution is -2.06. The average Bonchev–Trinajstić information content (AvgIpc) is 2.80. The summed E-state index contributed by atoms with van der Waals surface area (Å²) in [6.45, 7) is 0.536. The lowest BCUT2D eigenvalue weighted by Gasteiger charge is -2.05. The molecule has 1 atom stereocenters. The largest absolute Gasteiger partial charge is 0.396 e. The van der Waals surface area contributed by atoms with E-state index in [2.05, 4.69) is 15.5 Å². The molecule has 0 aliphatic carbocycles. The normalized spacial score (nSPS) is 12.5. The molecule has 6 nitrogen and oxygen atoms in total. The fourth-order valence-electron chi connectivity index (χ4n) is 1.65. The van der Waals surface area contributed by atoms with E-state index in [4.69, 9.17) is 5.73 Å². The maximum atomic E-state index is 13.4. The summed E-state index contributed by atoms with van der Waals surface area (Å²) >= 11 is 0. The number of halogens is 1. The molecule has 0 bridgehead atoms. The molecule has 1 aromatic heterocycles. The van der Waals surface area contributed by atoms with E-state index in [-0.39, 0.29) is 5.69 Å². The zero-order chi connectivity index (χ0) is 13.8. The van der Waals surface area contributed by atoms with E-state index >= 15 is 0 Å². The van der Waals surface area contributed by atoms with Crippen LogP contribution in [0.15, 0.2) is 18.2 Å². The number of rotatable bonds is 5. The quantitative estimate of drug-likeness (QED) is 0.821. The van der Waals surface area contributed by atoms with Gasteiger partial charge in [0.25, 0.3) is 0 Å². The Balaban J connectivity index is 2.18. The van der Waals surface area contributed by atoms with Gasteiger partial charge in [0.15, 0.2) is 5.82 Å². The van der Waals surface area contributed by atoms with Crippen molar-refractivity contribution in [3.8, 4) is 11.4 Å². The number of tetrazole rings is 1. The van der Waals surface area contributed by atoms with Crippen molar-refractivity contribution in [2.45, 2.75) is 13.0 Å². The highest BCUT2D eigenvalue weighted by atomic mass is 32.2. The maximum Gasteiger partial charge on any atom is 0.182 e. The minimum Gasteiger partial charge on any atom is -0.396 e. The second kappa shape index (κ2) is 5.87. The van der Waals surface area contributed by atoms with E-state index in [1.54, 1.807) is 17.0 Å². The third-order valence-corrected chi connectivity index (χ3v) is 3.46. The lowest BCUT2D eigenvalue weighted by atomic mass is 10.2. The summed E-state index contributed by atoms with van der Waals surface area (Å²) in [6.07, 6.45) is 2.34. The molecule has 2 aromatic rings. The van der Waals surface area contributed by atoms with Crippen molar-refractivity contribution in [3.05, 3.63) is 24.0 Å². The van der Waals surface area contributed by atoms with Crippen LogP contribution >= 0.6 is 0 Å². The number of anilines is 1. The minimum absolute atomic E-state index is 0.0872. The molecule has 2 rings (SSSR count). The molecule has 0 saturated carbocycles. The summed E-state index contributed by atoms with van der Waals surface area (Å²) in [5.74, 6) is 0.553. The first-order chi connectivity index (χ1) is 9.08. The molecule has 0 radical (unpaired) electrons. The van der Waals surface area contributed by atoms with Crippen LogP contribution in [0.5, 0.6) is 0 Å². The first-order valence-electron chi connectivity index (χ1n) is 5.69. The van der Waals surface area contributed by atoms with Gasteiger partial charge in [-0.1, -0.05) is 0 Å². The first-order valence-corrected chi connectivity index (χ1v) is 7.42. The van der Waals surface area contributed by atoms with Gasteiger partial charge >= 0.3 is 0 Å². The van der Waals surface area contributed by atoms with Gasteiger partial charge in [0.05, 0.1) is 5.69 Å². The number of nitrogens with zero attached hydrogens (tertiary/aromatic N) is 4. The molecule has 0 aliphatic rings. The van der Waals surface area contributed by atoms with Crippen LogP contribution in [-0.4, -0.2) is 36.4 Å². The van der Waals surface area contributed by atoms with Crippen LogP contribution in [0, 0.1) is 5.82 Å². The summed E-state index contributed by atoms with van der Waals surface area (Å²) < 4.78 is 26.0. The SMILES string of the molecule is CS(=O)CCCn1nnnc1-c1ccc(N)c(F)c1. The summed E-state index contributed by atoms with van der Waals surface area (Å²) in [5, 5.41) is 11.3. The maximum absolute atomic E-state index is 13.4. The number of benzene rings is 1. The fraction of sp³-hybridized carbons (Fsp3) is 0.364. The van der Waals surface area contributed by atoms with Crippen molar-refractivity contribution < 1.29 is 8.60 Å². The Morgan fingerprint density at radius 3 is 2.95 bits per heavy atom. The highest BCUT2D eigenvalue weighted by molar-refractivity contribution is 7.84. The number of aryl methyl sites for hydroxylation is 1. The molecule has 102 valence electrons. The Hall–Kier alpha value is -1.83. The molecule has 1 unspecified atom stereocenters. The third kappa shape index (κ3) is 3.34. The zero-order valence-electron chi connectivity index (χ0n) is 10.4. The van der Waals surface area contributed by atoms with Crippen LogP contribution < -0.4 is 5.73 Å². The highest BCUT2D eigenvalue weighted by Gasteiger charge is 2.10. The number of hydrogen-bond donors (Lipinski definition) is 1. The standard InChI is InChI=1S/C11H14FN5OS/c1-19(18)6-2-5-17-11(14-15-16-17)8-3-4-10(13)9(12)7-8/h3-4,7H,2,5-6,13H2,1H3. The summed E-state index contributed by atoms with van der Waals surface area (Å²) in [5.41, 5.74) is 6.08. The van der Waals surface area contributed by atoms with Crippen molar-refractivity contribution in [1.29, 1.82) is 0 Å². The molecular formula is C11H14FN5OS. The van der Waals surface area contributed by atoms with Gasteiger partial charge in [-0.15, -0.1) is 5.10 Å². The topological polar surface area (TPSA) is 86.7 Å². The first kappa shape index (κ1) is 13.6. The zero-order valence-corrected chi connectivity index (χ0v) is 11.2. The van der Waals surface area contributed by atoms with Gasteiger partial charge in [0.1, 0.15) is 5.82 Å². The Morgan fingerprint density at radius 1 is 1.47 bits per heavy atom. The van der Waals surface area contributed by atoms with Gasteiger partial charge in [0, 0.05) is 34.9 Å². The monoisotopic (exact) mass is 283 g/mol. The minimum atomic E-state index is -0.843. The van der Waals surface area contributed by atoms with E-state index in [0.717, 1.165) is 0 Å². The molecule has 8 heteroatoms. The second-order valence-electron chi connectivity index (χ2n) is 4.09. The van der Waals surface area contributed by atoms with Crippen molar-refractivity contribution in [1.82, 2.24) is 20.2 Å². The number of nitrogens with two attached hydrogens (primary N) is 1. The van der Waals surface area contributed by atoms with Crippen molar-refractivity contribution >= 4 is 16.5 Å². The Kier molecular flexibility index (Phi) is 4.20. The van der Waals surface area contributed by atoms with Crippen molar-refractivity contribution in [2.75, 3.05) is 17.7 Å². The van der Waals surface area contributed by atoms with Gasteiger partial charge in [-0.2, -0.15) is 0 Å². The smallest absolute Gasteiger partial charge is 0.182 e. The van der Waals surface area contributed by atoms with Gasteiger partial charge in [0.2, 0.25) is 0 Å². The van der Waals surface area contributed by atoms with Crippen LogP contribution in [0.25, 0.3) is 11.4 Å². The summed E-state index contributed by atoms with van der Waals surface area (Å²) in [7, 11) is -0.843. The Morgan fingerprint density at radius 2 is 2.26 bits per heavy atom. The van der Waals surface area contributed by atoms with Gasteiger partial charge < -0.3 is 5.73 Å². The van der Waals surface area contributed by atoms with Crippen molar-refractivity contribution in [3.63, 3.8) is 0 Å². The van der Waals surface area contributed by atoms with Crippen LogP contribution in [0.4, 0.5) is 10.1 Å². The second-order valence-corrected chi connectivity index (χ2v) is 5.65. The molecule has 0 amide bonds. The molecule has 0 spiro atoms. The summed E-state index contributed by atoms with van der Waals surface area (Å²) in [6, 6.07) is 4.44. The lowest BCUT2D eigenvalue weighted by molar-refractivity contribution is 0.582. The number of hydrogen-bond acceptors (Lipinski definition) is 5. The molecule has 2 N–H and O–H groups in total. The molecule has 0 fully saturated rings. The van der Waals surface area contributed by atoms with E-state index < -0.39 is 16.6 Å². The average molecular weight is 283 g/mol. The van der Waals surface area contributed by atoms with Gasteiger partial charge in [-0.05, 0) is 35.0 Å². The van der Waals surface area contributed by atoms with E-state index in [9.17, 15) is 8.60 Å². The van der Waals surface area contributed by atoms with Crippen LogP contribution in [0.3, 0.4) is 0 Å². The van der Waals surface area contributed by atoms with Gasteiger partial charge in [-0.3, -0.25) is 4.21 Å². The predicted molar refractivity (Wildman–Crippen MR) is 71.2 cm³/mol. The fourth-order valence-corrected chi connectivity index (χ4v) is 2.18. The molecular weight excluding hydrogens is 269 g/mol. The molecule has 19 heavy (non-hydrogen) atoms. The Bertz CT molecular complexity index is 601. The van der Waals surface area contributed by atoms with Crippen LogP contribution in [-0.2, 0) is 17.3 Å². The molecule has 1 aromatic carbocycles. The third-order valence-electron chi connectivity index (χ3n) is 2.59. The molecule has 0 aliphatic heterocycles. The molecule has 0 saturated heterocycles. The van der Waals surface area contributed by atoms with E-state index in [1.165, 1.54) is 12.1 Å². The van der Waals surface area contributed by atoms with E-state index in [1.807, 2.05) is 0 Å². The van der Waals surface area contributed by atoms with Gasteiger partial charge in [-0.25, -0.2) is 9.07 Å². The van der Waals surface area contributed by atoms with Crippen molar-refractivity contribution in [2.24, 2.45) is 0 Å². The highest BCUT2D eigenvalue weighted by Crippen LogP contribution is 2.20. The molecule has 1 heterocycles. The predicted octanol–water partition coefficient (Wildman–Crippen LogP) is 0.830. The number of nitrogen functional groups attached to an aromatic ring is 1. The van der Waals surface area contributed by atoms with E-state index in [0.29, 0.717) is 30.1 Å². The number of aromatic nitrogens is 4. The Labute approximate surface area is 112 Å². The summed E-state index contributed by atoms with van der Waals surface area (Å²) in [4.78, 5) is 0.